The van der Waals surface area contributed by atoms with Crippen LogP contribution in [0.2, 0.25) is 0 Å². The van der Waals surface area contributed by atoms with Crippen LogP contribution in [0, 0.1) is 5.82 Å². The molecule has 6 heteroatoms. The first-order chi connectivity index (χ1) is 13.7. The molecule has 0 atom stereocenters. The van der Waals surface area contributed by atoms with E-state index < -0.39 is 0 Å². The van der Waals surface area contributed by atoms with Crippen molar-refractivity contribution in [3.05, 3.63) is 65.5 Å². The summed E-state index contributed by atoms with van der Waals surface area (Å²) in [6.45, 7) is 4.02. The average molecular weight is 386 g/mol. The molecule has 0 fully saturated rings. The van der Waals surface area contributed by atoms with Gasteiger partial charge in [0.25, 0.3) is 5.91 Å². The third-order valence-corrected chi connectivity index (χ3v) is 4.69. The Bertz CT molecular complexity index is 769. The van der Waals surface area contributed by atoms with Crippen LogP contribution in [0.15, 0.2) is 48.5 Å². The Labute approximate surface area is 165 Å². The highest BCUT2D eigenvalue weighted by Gasteiger charge is 2.14. The van der Waals surface area contributed by atoms with E-state index in [9.17, 15) is 9.18 Å². The minimum atomic E-state index is -0.190. The third-order valence-electron chi connectivity index (χ3n) is 4.69. The summed E-state index contributed by atoms with van der Waals surface area (Å²) in [5, 5.41) is 2.86. The maximum absolute atomic E-state index is 14.1. The first-order valence-electron chi connectivity index (χ1n) is 9.77. The van der Waals surface area contributed by atoms with Crippen molar-refractivity contribution in [1.29, 1.82) is 0 Å². The molecular formula is C22H27FN2O3. The van der Waals surface area contributed by atoms with Gasteiger partial charge in [0.15, 0.2) is 0 Å². The van der Waals surface area contributed by atoms with Crippen LogP contribution in [0.25, 0.3) is 0 Å². The van der Waals surface area contributed by atoms with E-state index >= 15 is 0 Å². The molecule has 0 aliphatic carbocycles. The Kier molecular flexibility index (Phi) is 7.82. The molecule has 0 unspecified atom stereocenters. The van der Waals surface area contributed by atoms with Crippen LogP contribution in [0.3, 0.4) is 0 Å². The van der Waals surface area contributed by atoms with Crippen LogP contribution in [-0.2, 0) is 11.3 Å². The summed E-state index contributed by atoms with van der Waals surface area (Å²) < 4.78 is 25.6. The Morgan fingerprint density at radius 2 is 1.79 bits per heavy atom. The van der Waals surface area contributed by atoms with Gasteiger partial charge in [-0.2, -0.15) is 0 Å². The van der Waals surface area contributed by atoms with Gasteiger partial charge in [0.2, 0.25) is 0 Å². The van der Waals surface area contributed by atoms with E-state index in [0.29, 0.717) is 56.3 Å². The highest BCUT2D eigenvalue weighted by atomic mass is 19.1. The van der Waals surface area contributed by atoms with Crippen LogP contribution in [0.5, 0.6) is 5.75 Å². The van der Waals surface area contributed by atoms with Gasteiger partial charge >= 0.3 is 0 Å². The van der Waals surface area contributed by atoms with E-state index in [1.54, 1.807) is 18.2 Å². The second kappa shape index (κ2) is 10.8. The summed E-state index contributed by atoms with van der Waals surface area (Å²) in [7, 11) is 0. The van der Waals surface area contributed by atoms with Gasteiger partial charge in [-0.15, -0.1) is 0 Å². The molecule has 28 heavy (non-hydrogen) atoms. The number of para-hydroxylation sites is 1. The fourth-order valence-electron chi connectivity index (χ4n) is 3.18. The van der Waals surface area contributed by atoms with Gasteiger partial charge in [-0.25, -0.2) is 4.39 Å². The van der Waals surface area contributed by atoms with E-state index in [2.05, 4.69) is 10.2 Å². The maximum Gasteiger partial charge on any atom is 0.255 e. The van der Waals surface area contributed by atoms with Gasteiger partial charge in [-0.05, 0) is 37.6 Å². The number of nitrogens with zero attached hydrogens (tertiary/aromatic N) is 1. The zero-order chi connectivity index (χ0) is 19.6. The number of rotatable bonds is 2. The molecule has 0 bridgehead atoms. The molecule has 150 valence electrons. The number of benzene rings is 2. The fourth-order valence-corrected chi connectivity index (χ4v) is 3.18. The van der Waals surface area contributed by atoms with Crippen LogP contribution in [0.4, 0.5) is 4.39 Å². The Balaban J connectivity index is 1.69. The zero-order valence-corrected chi connectivity index (χ0v) is 16.0. The predicted molar refractivity (Wildman–Crippen MR) is 106 cm³/mol. The lowest BCUT2D eigenvalue weighted by Crippen LogP contribution is -2.30. The van der Waals surface area contributed by atoms with E-state index in [4.69, 9.17) is 9.47 Å². The molecule has 0 saturated carbocycles. The minimum absolute atomic E-state index is 0.169. The van der Waals surface area contributed by atoms with Crippen molar-refractivity contribution in [2.24, 2.45) is 0 Å². The molecule has 5 nitrogen and oxygen atoms in total. The van der Waals surface area contributed by atoms with Gasteiger partial charge in [0.05, 0.1) is 12.2 Å². The number of carbonyl (C=O) groups is 1. The monoisotopic (exact) mass is 386 g/mol. The summed E-state index contributed by atoms with van der Waals surface area (Å²) in [6.07, 6.45) is 1.88. The van der Waals surface area contributed by atoms with Crippen molar-refractivity contribution in [3.8, 4) is 5.75 Å². The number of amides is 1. The topological polar surface area (TPSA) is 50.8 Å². The number of nitrogens with one attached hydrogen (secondary N) is 1. The average Bonchev–Trinajstić information content (AvgIpc) is 2.71. The lowest BCUT2D eigenvalue weighted by molar-refractivity contribution is 0.0909. The molecule has 0 saturated heterocycles. The number of fused-ring (bicyclic) bond motifs is 1. The zero-order valence-electron chi connectivity index (χ0n) is 16.0. The van der Waals surface area contributed by atoms with Gasteiger partial charge in [0, 0.05) is 31.8 Å². The van der Waals surface area contributed by atoms with Crippen molar-refractivity contribution >= 4 is 5.91 Å². The molecule has 0 radical (unpaired) electrons. The molecule has 1 aliphatic rings. The van der Waals surface area contributed by atoms with Crippen molar-refractivity contribution in [2.75, 3.05) is 39.5 Å². The summed E-state index contributed by atoms with van der Waals surface area (Å²) in [5.74, 6) is 0.198. The largest absolute Gasteiger partial charge is 0.491 e. The van der Waals surface area contributed by atoms with E-state index in [-0.39, 0.29) is 11.7 Å². The van der Waals surface area contributed by atoms with Gasteiger partial charge < -0.3 is 14.8 Å². The second-order valence-corrected chi connectivity index (χ2v) is 6.79. The Morgan fingerprint density at radius 1 is 0.964 bits per heavy atom. The van der Waals surface area contributed by atoms with Crippen LogP contribution >= 0.6 is 0 Å². The van der Waals surface area contributed by atoms with Crippen molar-refractivity contribution in [2.45, 2.75) is 19.4 Å². The molecule has 2 aromatic rings. The minimum Gasteiger partial charge on any atom is -0.491 e. The van der Waals surface area contributed by atoms with E-state index in [1.807, 2.05) is 24.3 Å². The molecule has 2 aromatic carbocycles. The SMILES string of the molecule is O=C1NCCOCCCCN(Cc2ccccc2F)CCOc2ccccc21. The van der Waals surface area contributed by atoms with Crippen molar-refractivity contribution < 1.29 is 18.7 Å². The highest BCUT2D eigenvalue weighted by Crippen LogP contribution is 2.18. The van der Waals surface area contributed by atoms with Gasteiger partial charge in [0.1, 0.15) is 18.2 Å². The molecule has 1 heterocycles. The Morgan fingerprint density at radius 3 is 2.68 bits per heavy atom. The van der Waals surface area contributed by atoms with Gasteiger partial charge in [-0.3, -0.25) is 9.69 Å². The number of hydrogen-bond acceptors (Lipinski definition) is 4. The fraction of sp³-hybridized carbons (Fsp3) is 0.409. The van der Waals surface area contributed by atoms with Crippen molar-refractivity contribution in [1.82, 2.24) is 10.2 Å². The maximum atomic E-state index is 14.1. The number of carbonyl (C=O) groups excluding carboxylic acids is 1. The Hall–Kier alpha value is -2.44. The van der Waals surface area contributed by atoms with Gasteiger partial charge in [-0.1, -0.05) is 30.3 Å². The van der Waals surface area contributed by atoms with E-state index in [1.165, 1.54) is 6.07 Å². The number of ether oxygens (including phenoxy) is 2. The smallest absolute Gasteiger partial charge is 0.255 e. The number of hydrogen-bond donors (Lipinski definition) is 1. The molecular weight excluding hydrogens is 359 g/mol. The van der Waals surface area contributed by atoms with Crippen LogP contribution < -0.4 is 10.1 Å². The van der Waals surface area contributed by atoms with Crippen molar-refractivity contribution in [3.63, 3.8) is 0 Å². The molecule has 0 aromatic heterocycles. The third kappa shape index (κ3) is 6.04. The molecule has 1 aliphatic heterocycles. The second-order valence-electron chi connectivity index (χ2n) is 6.79. The predicted octanol–water partition coefficient (Wildman–Crippen LogP) is 3.25. The highest BCUT2D eigenvalue weighted by molar-refractivity contribution is 5.96. The molecule has 0 spiro atoms. The van der Waals surface area contributed by atoms with E-state index in [0.717, 1.165) is 19.4 Å². The summed E-state index contributed by atoms with van der Waals surface area (Å²) in [6, 6.07) is 14.1. The molecule has 3 rings (SSSR count). The standard InChI is InChI=1S/C22H27FN2O3/c23-20-9-3-1-7-18(20)17-25-12-5-6-14-27-15-11-24-22(26)19-8-2-4-10-21(19)28-16-13-25/h1-4,7-10H,5-6,11-17H2,(H,24,26). The number of halogens is 1. The van der Waals surface area contributed by atoms with Crippen LogP contribution in [-0.4, -0.2) is 50.3 Å². The first-order valence-corrected chi connectivity index (χ1v) is 9.77. The summed E-state index contributed by atoms with van der Waals surface area (Å²) in [5.41, 5.74) is 1.19. The molecule has 1 amide bonds. The lowest BCUT2D eigenvalue weighted by Gasteiger charge is -2.23. The quantitative estimate of drug-likeness (QED) is 0.861. The van der Waals surface area contributed by atoms with Crippen LogP contribution in [0.1, 0.15) is 28.8 Å². The summed E-state index contributed by atoms with van der Waals surface area (Å²) in [4.78, 5) is 14.6. The molecule has 1 N–H and O–H groups in total. The first kappa shape index (κ1) is 20.3. The lowest BCUT2D eigenvalue weighted by atomic mass is 10.2. The normalized spacial score (nSPS) is 17.5. The summed E-state index contributed by atoms with van der Waals surface area (Å²) >= 11 is 0.